The van der Waals surface area contributed by atoms with Gasteiger partial charge in [0.15, 0.2) is 12.2 Å². The molecule has 8 heteroatoms. The average molecular weight is 306 g/mol. The standard InChI is InChI=1S/C14H14N2O6/c1-3-21-14(18)12-11(17)7-22-13(12)15-9-6-8(2)4-5-10(9)16(19)20/h4-6,15H,3,7H2,1-2H3. The second kappa shape index (κ2) is 6.25. The predicted octanol–water partition coefficient (Wildman–Crippen LogP) is 1.69. The SMILES string of the molecule is CCOC(=O)C1=C(Nc2cc(C)ccc2[N+](=O)[O-])OCC1=O. The molecule has 1 heterocycles. The van der Waals surface area contributed by atoms with E-state index >= 15 is 0 Å². The quantitative estimate of drug-likeness (QED) is 0.381. The van der Waals surface area contributed by atoms with Gasteiger partial charge in [0.2, 0.25) is 11.7 Å². The summed E-state index contributed by atoms with van der Waals surface area (Å²) in [6.45, 7) is 3.16. The Labute approximate surface area is 125 Å². The molecular weight excluding hydrogens is 292 g/mol. The molecule has 0 unspecified atom stereocenters. The third-order valence-electron chi connectivity index (χ3n) is 2.93. The maximum atomic E-state index is 11.8. The number of hydrogen-bond acceptors (Lipinski definition) is 7. The average Bonchev–Trinajstić information content (AvgIpc) is 2.79. The molecule has 1 aromatic rings. The number of esters is 1. The minimum atomic E-state index is -0.817. The minimum absolute atomic E-state index is 0.105. The maximum absolute atomic E-state index is 11.8. The van der Waals surface area contributed by atoms with Crippen molar-refractivity contribution in [2.45, 2.75) is 13.8 Å². The molecule has 0 radical (unpaired) electrons. The van der Waals surface area contributed by atoms with Gasteiger partial charge in [-0.15, -0.1) is 0 Å². The van der Waals surface area contributed by atoms with E-state index in [2.05, 4.69) is 5.32 Å². The Bertz CT molecular complexity index is 680. The second-order valence-electron chi connectivity index (χ2n) is 4.54. The Hall–Kier alpha value is -2.90. The second-order valence-corrected chi connectivity index (χ2v) is 4.54. The van der Waals surface area contributed by atoms with Crippen molar-refractivity contribution in [3.8, 4) is 0 Å². The first kappa shape index (κ1) is 15.5. The van der Waals surface area contributed by atoms with E-state index in [1.165, 1.54) is 12.1 Å². The van der Waals surface area contributed by atoms with E-state index in [1.54, 1.807) is 19.9 Å². The van der Waals surface area contributed by atoms with Crippen LogP contribution in [0.5, 0.6) is 0 Å². The fraction of sp³-hybridized carbons (Fsp3) is 0.286. The lowest BCUT2D eigenvalue weighted by molar-refractivity contribution is -0.384. The number of nitrogens with zero attached hydrogens (tertiary/aromatic N) is 1. The van der Waals surface area contributed by atoms with Gasteiger partial charge in [-0.05, 0) is 25.5 Å². The molecule has 0 amide bonds. The number of benzene rings is 1. The number of rotatable bonds is 5. The normalized spacial score (nSPS) is 13.8. The molecular formula is C14H14N2O6. The van der Waals surface area contributed by atoms with Gasteiger partial charge in [-0.25, -0.2) is 4.79 Å². The van der Waals surface area contributed by atoms with Crippen molar-refractivity contribution < 1.29 is 24.0 Å². The molecule has 1 aliphatic heterocycles. The van der Waals surface area contributed by atoms with E-state index in [0.717, 1.165) is 5.56 Å². The Morgan fingerprint density at radius 2 is 2.23 bits per heavy atom. The highest BCUT2D eigenvalue weighted by Gasteiger charge is 2.33. The minimum Gasteiger partial charge on any atom is -0.470 e. The number of nitro groups is 1. The topological polar surface area (TPSA) is 108 Å². The molecule has 0 aliphatic carbocycles. The number of anilines is 1. The first-order valence-corrected chi connectivity index (χ1v) is 6.53. The number of hydrogen-bond donors (Lipinski definition) is 1. The summed E-state index contributed by atoms with van der Waals surface area (Å²) in [5, 5.41) is 13.7. The summed E-state index contributed by atoms with van der Waals surface area (Å²) >= 11 is 0. The van der Waals surface area contributed by atoms with Crippen LogP contribution >= 0.6 is 0 Å². The number of Topliss-reactive ketones (excluding diaryl/α,β-unsaturated/α-hetero) is 1. The number of nitrogens with one attached hydrogen (secondary N) is 1. The van der Waals surface area contributed by atoms with Crippen LogP contribution in [0.3, 0.4) is 0 Å². The largest absolute Gasteiger partial charge is 0.470 e. The highest BCUT2D eigenvalue weighted by molar-refractivity contribution is 6.19. The van der Waals surface area contributed by atoms with Crippen LogP contribution in [0.2, 0.25) is 0 Å². The van der Waals surface area contributed by atoms with E-state index in [1.807, 2.05) is 0 Å². The molecule has 1 N–H and O–H groups in total. The summed E-state index contributed by atoms with van der Waals surface area (Å²) < 4.78 is 9.91. The lowest BCUT2D eigenvalue weighted by Crippen LogP contribution is -2.16. The van der Waals surface area contributed by atoms with E-state index < -0.39 is 16.7 Å². The van der Waals surface area contributed by atoms with Crippen molar-refractivity contribution in [3.63, 3.8) is 0 Å². The highest BCUT2D eigenvalue weighted by atomic mass is 16.6. The Morgan fingerprint density at radius 3 is 2.86 bits per heavy atom. The van der Waals surface area contributed by atoms with Gasteiger partial charge in [-0.1, -0.05) is 6.07 Å². The Morgan fingerprint density at radius 1 is 1.50 bits per heavy atom. The van der Waals surface area contributed by atoms with Crippen molar-refractivity contribution in [1.29, 1.82) is 0 Å². The predicted molar refractivity (Wildman–Crippen MR) is 76.1 cm³/mol. The van der Waals surface area contributed by atoms with Crippen molar-refractivity contribution >= 4 is 23.1 Å². The molecule has 1 aromatic carbocycles. The van der Waals surface area contributed by atoms with Crippen molar-refractivity contribution in [1.82, 2.24) is 0 Å². The highest BCUT2D eigenvalue weighted by Crippen LogP contribution is 2.29. The van der Waals surface area contributed by atoms with E-state index in [-0.39, 0.29) is 36.0 Å². The molecule has 0 spiro atoms. The van der Waals surface area contributed by atoms with Gasteiger partial charge >= 0.3 is 5.97 Å². The van der Waals surface area contributed by atoms with Gasteiger partial charge in [-0.3, -0.25) is 14.9 Å². The zero-order valence-electron chi connectivity index (χ0n) is 12.0. The summed E-state index contributed by atoms with van der Waals surface area (Å²) in [6.07, 6.45) is 0. The summed E-state index contributed by atoms with van der Waals surface area (Å²) in [4.78, 5) is 34.0. The zero-order chi connectivity index (χ0) is 16.3. The van der Waals surface area contributed by atoms with E-state index in [0.29, 0.717) is 0 Å². The third kappa shape index (κ3) is 3.05. The molecule has 1 aliphatic rings. The fourth-order valence-corrected chi connectivity index (χ4v) is 1.95. The van der Waals surface area contributed by atoms with Gasteiger partial charge in [0, 0.05) is 6.07 Å². The lowest BCUT2D eigenvalue weighted by Gasteiger charge is -2.09. The lowest BCUT2D eigenvalue weighted by atomic mass is 10.1. The number of carbonyl (C=O) groups excluding carboxylic acids is 2. The Kier molecular flexibility index (Phi) is 4.40. The molecule has 0 saturated heterocycles. The first-order chi connectivity index (χ1) is 10.4. The van der Waals surface area contributed by atoms with Crippen LogP contribution in [0.15, 0.2) is 29.7 Å². The smallest absolute Gasteiger partial charge is 0.347 e. The van der Waals surface area contributed by atoms with Gasteiger partial charge < -0.3 is 14.8 Å². The van der Waals surface area contributed by atoms with Crippen molar-refractivity contribution in [3.05, 3.63) is 45.3 Å². The molecule has 0 atom stereocenters. The van der Waals surface area contributed by atoms with Gasteiger partial charge in [-0.2, -0.15) is 0 Å². The summed E-state index contributed by atoms with van der Waals surface area (Å²) in [7, 11) is 0. The number of nitro benzene ring substituents is 1. The summed E-state index contributed by atoms with van der Waals surface area (Å²) in [6, 6.07) is 4.45. The number of ether oxygens (including phenoxy) is 2. The van der Waals surface area contributed by atoms with Crippen LogP contribution in [0, 0.1) is 17.0 Å². The molecule has 116 valence electrons. The Balaban J connectivity index is 2.40. The molecule has 0 saturated carbocycles. The summed E-state index contributed by atoms with van der Waals surface area (Å²) in [5.74, 6) is -1.48. The maximum Gasteiger partial charge on any atom is 0.347 e. The summed E-state index contributed by atoms with van der Waals surface area (Å²) in [5.41, 5.74) is 0.453. The van der Waals surface area contributed by atoms with Gasteiger partial charge in [0.25, 0.3) is 5.69 Å². The molecule has 8 nitrogen and oxygen atoms in total. The third-order valence-corrected chi connectivity index (χ3v) is 2.93. The first-order valence-electron chi connectivity index (χ1n) is 6.53. The van der Waals surface area contributed by atoms with Crippen LogP contribution in [0.1, 0.15) is 12.5 Å². The number of carbonyl (C=O) groups is 2. The molecule has 0 aromatic heterocycles. The van der Waals surface area contributed by atoms with Crippen molar-refractivity contribution in [2.75, 3.05) is 18.5 Å². The number of aryl methyl sites for hydroxylation is 1. The van der Waals surface area contributed by atoms with Crippen LogP contribution in [0.25, 0.3) is 0 Å². The number of ketones is 1. The van der Waals surface area contributed by atoms with E-state index in [9.17, 15) is 19.7 Å². The fourth-order valence-electron chi connectivity index (χ4n) is 1.95. The van der Waals surface area contributed by atoms with Crippen LogP contribution in [0.4, 0.5) is 11.4 Å². The molecule has 2 rings (SSSR count). The molecule has 0 bridgehead atoms. The zero-order valence-corrected chi connectivity index (χ0v) is 12.0. The van der Waals surface area contributed by atoms with Crippen molar-refractivity contribution in [2.24, 2.45) is 0 Å². The van der Waals surface area contributed by atoms with Crippen LogP contribution in [-0.4, -0.2) is 29.9 Å². The van der Waals surface area contributed by atoms with Crippen LogP contribution in [-0.2, 0) is 19.1 Å². The molecule has 0 fully saturated rings. The van der Waals surface area contributed by atoms with Gasteiger partial charge in [0.1, 0.15) is 5.69 Å². The molecule has 22 heavy (non-hydrogen) atoms. The van der Waals surface area contributed by atoms with E-state index in [4.69, 9.17) is 9.47 Å². The van der Waals surface area contributed by atoms with Crippen LogP contribution < -0.4 is 5.32 Å². The monoisotopic (exact) mass is 306 g/mol. The van der Waals surface area contributed by atoms with Gasteiger partial charge in [0.05, 0.1) is 11.5 Å².